The van der Waals surface area contributed by atoms with E-state index in [0.29, 0.717) is 23.4 Å². The molecule has 0 spiro atoms. The highest BCUT2D eigenvalue weighted by atomic mass is 16.2. The summed E-state index contributed by atoms with van der Waals surface area (Å²) in [5.74, 6) is 0.535. The summed E-state index contributed by atoms with van der Waals surface area (Å²) in [4.78, 5) is 37.4. The zero-order valence-corrected chi connectivity index (χ0v) is 16.6. The Morgan fingerprint density at radius 3 is 2.30 bits per heavy atom. The summed E-state index contributed by atoms with van der Waals surface area (Å²) < 4.78 is 0. The molecule has 1 aliphatic heterocycles. The average molecular weight is 402 g/mol. The van der Waals surface area contributed by atoms with Crippen molar-refractivity contribution in [1.82, 2.24) is 9.97 Å². The number of ketones is 1. The molecule has 1 saturated heterocycles. The molecule has 0 atom stereocenters. The van der Waals surface area contributed by atoms with Gasteiger partial charge in [-0.15, -0.1) is 0 Å². The zero-order valence-electron chi connectivity index (χ0n) is 16.6. The number of anilines is 2. The van der Waals surface area contributed by atoms with Crippen LogP contribution in [0, 0.1) is 0 Å². The average Bonchev–Trinajstić information content (AvgIpc) is 2.80. The number of aromatic nitrogens is 2. The van der Waals surface area contributed by atoms with Gasteiger partial charge in [-0.3, -0.25) is 9.59 Å². The quantitative estimate of drug-likeness (QED) is 0.603. The van der Waals surface area contributed by atoms with Gasteiger partial charge >= 0.3 is 0 Å². The van der Waals surface area contributed by atoms with E-state index in [1.165, 1.54) is 4.90 Å². The van der Waals surface area contributed by atoms with Gasteiger partial charge in [0.1, 0.15) is 0 Å². The Morgan fingerprint density at radius 2 is 1.57 bits per heavy atom. The molecule has 4 rings (SSSR count). The molecule has 0 aliphatic carbocycles. The molecule has 0 bridgehead atoms. The number of hydrogen-bond donors (Lipinski definition) is 2. The number of nitrogens with one attached hydrogen (secondary N) is 2. The number of hydrogen-bond acceptors (Lipinski definition) is 5. The normalized spacial score (nSPS) is 14.3. The van der Waals surface area contributed by atoms with Crippen LogP contribution in [0.5, 0.6) is 0 Å². The SMILES string of the molecule is O=C(C[NH+]1CCN(c2ncccn2)CC1)Nc1ccccc1C(=O)c1ccccc1. The van der Waals surface area contributed by atoms with Crippen LogP contribution >= 0.6 is 0 Å². The van der Waals surface area contributed by atoms with Crippen LogP contribution in [-0.2, 0) is 4.79 Å². The molecular formula is C23H24N5O2+. The van der Waals surface area contributed by atoms with Crippen LogP contribution in [0.2, 0.25) is 0 Å². The van der Waals surface area contributed by atoms with Crippen LogP contribution in [0.1, 0.15) is 15.9 Å². The van der Waals surface area contributed by atoms with E-state index >= 15 is 0 Å². The minimum atomic E-state index is -0.102. The van der Waals surface area contributed by atoms with Gasteiger partial charge < -0.3 is 15.1 Å². The van der Waals surface area contributed by atoms with Gasteiger partial charge in [-0.05, 0) is 18.2 Å². The van der Waals surface area contributed by atoms with Crippen molar-refractivity contribution in [2.75, 3.05) is 42.9 Å². The first kappa shape index (κ1) is 19.7. The predicted molar refractivity (Wildman–Crippen MR) is 115 cm³/mol. The third-order valence-electron chi connectivity index (χ3n) is 5.20. The number of para-hydroxylation sites is 1. The molecule has 1 aromatic heterocycles. The molecule has 30 heavy (non-hydrogen) atoms. The summed E-state index contributed by atoms with van der Waals surface area (Å²) in [7, 11) is 0. The highest BCUT2D eigenvalue weighted by Crippen LogP contribution is 2.19. The summed E-state index contributed by atoms with van der Waals surface area (Å²) in [6.07, 6.45) is 3.48. The first-order valence-electron chi connectivity index (χ1n) is 10.0. The molecule has 0 saturated carbocycles. The third-order valence-corrected chi connectivity index (χ3v) is 5.20. The molecule has 1 fully saturated rings. The summed E-state index contributed by atoms with van der Waals surface area (Å²) in [5, 5.41) is 2.93. The van der Waals surface area contributed by atoms with Crippen molar-refractivity contribution in [1.29, 1.82) is 0 Å². The van der Waals surface area contributed by atoms with Crippen LogP contribution in [0.15, 0.2) is 73.1 Å². The molecule has 1 aliphatic rings. The maximum absolute atomic E-state index is 12.8. The third kappa shape index (κ3) is 4.69. The molecule has 0 radical (unpaired) electrons. The lowest BCUT2D eigenvalue weighted by atomic mass is 10.0. The monoisotopic (exact) mass is 402 g/mol. The van der Waals surface area contributed by atoms with Crippen molar-refractivity contribution in [3.63, 3.8) is 0 Å². The van der Waals surface area contributed by atoms with E-state index < -0.39 is 0 Å². The largest absolute Gasteiger partial charge is 0.330 e. The maximum Gasteiger partial charge on any atom is 0.279 e. The number of nitrogens with zero attached hydrogens (tertiary/aromatic N) is 3. The standard InChI is InChI=1S/C23H23N5O2/c29-21(17-27-13-15-28(16-14-27)23-24-11-6-12-25-23)26-20-10-5-4-9-19(20)22(30)18-7-2-1-3-8-18/h1-12H,13-17H2,(H,26,29)/p+1. The molecule has 152 valence electrons. The van der Waals surface area contributed by atoms with Gasteiger partial charge in [0.25, 0.3) is 5.91 Å². The minimum absolute atomic E-state index is 0.0947. The van der Waals surface area contributed by atoms with Gasteiger partial charge in [-0.25, -0.2) is 9.97 Å². The predicted octanol–water partition coefficient (Wildman–Crippen LogP) is 1.05. The Kier molecular flexibility index (Phi) is 6.10. The number of amides is 1. The van der Waals surface area contributed by atoms with Gasteiger partial charge in [-0.1, -0.05) is 42.5 Å². The Morgan fingerprint density at radius 1 is 0.900 bits per heavy atom. The summed E-state index contributed by atoms with van der Waals surface area (Å²) in [6.45, 7) is 3.62. The molecular weight excluding hydrogens is 378 g/mol. The first-order valence-corrected chi connectivity index (χ1v) is 10.0. The van der Waals surface area contributed by atoms with E-state index in [1.54, 1.807) is 42.7 Å². The zero-order chi connectivity index (χ0) is 20.8. The summed E-state index contributed by atoms with van der Waals surface area (Å²) in [5.41, 5.74) is 1.65. The smallest absolute Gasteiger partial charge is 0.279 e. The number of carbonyl (C=O) groups is 2. The maximum atomic E-state index is 12.8. The van der Waals surface area contributed by atoms with Crippen LogP contribution in [0.25, 0.3) is 0 Å². The number of piperazine rings is 1. The summed E-state index contributed by atoms with van der Waals surface area (Å²) >= 11 is 0. The second-order valence-electron chi connectivity index (χ2n) is 7.25. The lowest BCUT2D eigenvalue weighted by Gasteiger charge is -2.31. The lowest BCUT2D eigenvalue weighted by molar-refractivity contribution is -0.892. The van der Waals surface area contributed by atoms with E-state index in [2.05, 4.69) is 20.2 Å². The van der Waals surface area contributed by atoms with E-state index in [0.717, 1.165) is 32.1 Å². The highest BCUT2D eigenvalue weighted by molar-refractivity contribution is 6.13. The highest BCUT2D eigenvalue weighted by Gasteiger charge is 2.24. The Bertz CT molecular complexity index is 1000. The molecule has 2 heterocycles. The van der Waals surface area contributed by atoms with Gasteiger partial charge in [0, 0.05) is 23.5 Å². The Hall–Kier alpha value is -3.58. The van der Waals surface area contributed by atoms with Gasteiger partial charge in [0.2, 0.25) is 5.95 Å². The number of rotatable bonds is 6. The second kappa shape index (κ2) is 9.28. The Labute approximate surface area is 175 Å². The van der Waals surface area contributed by atoms with Crippen molar-refractivity contribution in [2.45, 2.75) is 0 Å². The fourth-order valence-corrected chi connectivity index (χ4v) is 3.61. The fraction of sp³-hybridized carbons (Fsp3) is 0.217. The topological polar surface area (TPSA) is 79.6 Å². The fourth-order valence-electron chi connectivity index (χ4n) is 3.61. The molecule has 2 N–H and O–H groups in total. The van der Waals surface area contributed by atoms with E-state index in [1.807, 2.05) is 30.3 Å². The van der Waals surface area contributed by atoms with Crippen molar-refractivity contribution in [3.8, 4) is 0 Å². The van der Waals surface area contributed by atoms with E-state index in [-0.39, 0.29) is 11.7 Å². The van der Waals surface area contributed by atoms with Crippen molar-refractivity contribution in [2.24, 2.45) is 0 Å². The van der Waals surface area contributed by atoms with Gasteiger partial charge in [0.05, 0.1) is 31.9 Å². The van der Waals surface area contributed by atoms with E-state index in [9.17, 15) is 9.59 Å². The minimum Gasteiger partial charge on any atom is -0.330 e. The van der Waals surface area contributed by atoms with Crippen LogP contribution in [-0.4, -0.2) is 54.4 Å². The van der Waals surface area contributed by atoms with Crippen LogP contribution in [0.3, 0.4) is 0 Å². The van der Waals surface area contributed by atoms with E-state index in [4.69, 9.17) is 0 Å². The number of carbonyl (C=O) groups excluding carboxylic acids is 2. The van der Waals surface area contributed by atoms with Gasteiger partial charge in [-0.2, -0.15) is 0 Å². The van der Waals surface area contributed by atoms with Crippen LogP contribution in [0.4, 0.5) is 11.6 Å². The van der Waals surface area contributed by atoms with Crippen LogP contribution < -0.4 is 15.1 Å². The molecule has 7 nitrogen and oxygen atoms in total. The molecule has 1 amide bonds. The van der Waals surface area contributed by atoms with Crippen molar-refractivity contribution in [3.05, 3.63) is 84.2 Å². The molecule has 0 unspecified atom stereocenters. The molecule has 3 aromatic rings. The second-order valence-corrected chi connectivity index (χ2v) is 7.25. The lowest BCUT2D eigenvalue weighted by Crippen LogP contribution is -3.15. The van der Waals surface area contributed by atoms with Gasteiger partial charge in [0.15, 0.2) is 12.3 Å². The molecule has 7 heteroatoms. The first-order chi connectivity index (χ1) is 14.7. The number of benzene rings is 2. The summed E-state index contributed by atoms with van der Waals surface area (Å²) in [6, 6.07) is 18.0. The Balaban J connectivity index is 1.36. The van der Waals surface area contributed by atoms with Crippen molar-refractivity contribution >= 4 is 23.3 Å². The van der Waals surface area contributed by atoms with Crippen molar-refractivity contribution < 1.29 is 14.5 Å². The molecule has 2 aromatic carbocycles. The number of quaternary nitrogens is 1.